The second kappa shape index (κ2) is 52.9. The second-order valence-electron chi connectivity index (χ2n) is 19.1. The van der Waals surface area contributed by atoms with Crippen LogP contribution in [-0.4, -0.2) is 46.1 Å². The highest BCUT2D eigenvalue weighted by Crippen LogP contribution is 2.17. The molecule has 0 aliphatic rings. The monoisotopic (exact) mass is 884 g/mol. The molecule has 5 nitrogen and oxygen atoms in total. The Hall–Kier alpha value is -1.69. The number of aliphatic hydroxyl groups excluding tert-OH is 3. The zero-order valence-electron chi connectivity index (χ0n) is 42.2. The van der Waals surface area contributed by atoms with E-state index in [2.05, 4.69) is 55.6 Å². The fourth-order valence-electron chi connectivity index (χ4n) is 8.53. The van der Waals surface area contributed by atoms with Crippen molar-refractivity contribution >= 4 is 5.91 Å². The zero-order valence-corrected chi connectivity index (χ0v) is 42.2. The molecule has 1 amide bonds. The van der Waals surface area contributed by atoms with E-state index >= 15 is 0 Å². The normalized spacial score (nSPS) is 13.7. The van der Waals surface area contributed by atoms with Gasteiger partial charge in [0.15, 0.2) is 0 Å². The number of aliphatic hydroxyl groups is 3. The third-order valence-electron chi connectivity index (χ3n) is 12.9. The van der Waals surface area contributed by atoms with Crippen LogP contribution in [0.25, 0.3) is 0 Å². The molecular formula is C58H109NO4. The molecule has 0 spiro atoms. The number of amides is 1. The maximum absolute atomic E-state index is 12.5. The number of carbonyl (C=O) groups is 1. The van der Waals surface area contributed by atoms with E-state index in [0.29, 0.717) is 6.42 Å². The summed E-state index contributed by atoms with van der Waals surface area (Å²) in [7, 11) is 0. The molecule has 0 aromatic rings. The van der Waals surface area contributed by atoms with Crippen LogP contribution in [0.5, 0.6) is 0 Å². The second-order valence-corrected chi connectivity index (χ2v) is 19.1. The van der Waals surface area contributed by atoms with Gasteiger partial charge in [-0.05, 0) is 64.2 Å². The fraction of sp³-hybridized carbons (Fsp3) is 0.845. The summed E-state index contributed by atoms with van der Waals surface area (Å²) in [6.45, 7) is 4.16. The maximum Gasteiger partial charge on any atom is 0.249 e. The van der Waals surface area contributed by atoms with E-state index in [9.17, 15) is 20.1 Å². The molecule has 3 unspecified atom stereocenters. The first kappa shape index (κ1) is 61.3. The Bertz CT molecular complexity index is 1020. The Balaban J connectivity index is 3.48. The summed E-state index contributed by atoms with van der Waals surface area (Å²) in [6, 6.07) is -0.814. The fourth-order valence-corrected chi connectivity index (χ4v) is 8.53. The molecule has 5 heteroatoms. The van der Waals surface area contributed by atoms with Gasteiger partial charge in [-0.2, -0.15) is 0 Å². The zero-order chi connectivity index (χ0) is 45.8. The summed E-state index contributed by atoms with van der Waals surface area (Å²) in [4.78, 5) is 12.5. The van der Waals surface area contributed by atoms with Gasteiger partial charge in [-0.1, -0.05) is 274 Å². The van der Waals surface area contributed by atoms with Crippen molar-refractivity contribution in [1.29, 1.82) is 0 Å². The third-order valence-corrected chi connectivity index (χ3v) is 12.9. The van der Waals surface area contributed by atoms with E-state index in [1.165, 1.54) is 225 Å². The van der Waals surface area contributed by atoms with E-state index in [1.807, 2.05) is 6.08 Å². The molecule has 0 rings (SSSR count). The van der Waals surface area contributed by atoms with Gasteiger partial charge in [-0.15, -0.1) is 0 Å². The van der Waals surface area contributed by atoms with Crippen LogP contribution in [0.1, 0.15) is 290 Å². The van der Waals surface area contributed by atoms with Gasteiger partial charge in [-0.25, -0.2) is 0 Å². The van der Waals surface area contributed by atoms with Gasteiger partial charge >= 0.3 is 0 Å². The first-order chi connectivity index (χ1) is 31.1. The quantitative estimate of drug-likeness (QED) is 0.0362. The van der Waals surface area contributed by atoms with E-state index in [-0.39, 0.29) is 6.61 Å². The summed E-state index contributed by atoms with van der Waals surface area (Å²) in [6.07, 6.45) is 70.7. The Morgan fingerprint density at radius 2 is 0.698 bits per heavy atom. The average molecular weight is 885 g/mol. The predicted octanol–water partition coefficient (Wildman–Crippen LogP) is 17.2. The molecule has 370 valence electrons. The van der Waals surface area contributed by atoms with Crippen molar-refractivity contribution < 1.29 is 20.1 Å². The van der Waals surface area contributed by atoms with E-state index in [1.54, 1.807) is 6.08 Å². The molecule has 0 heterocycles. The Kier molecular flexibility index (Phi) is 51.5. The van der Waals surface area contributed by atoms with Crippen molar-refractivity contribution in [3.05, 3.63) is 48.6 Å². The van der Waals surface area contributed by atoms with Crippen LogP contribution < -0.4 is 5.32 Å². The number of rotatable bonds is 51. The molecule has 3 atom stereocenters. The molecule has 0 aromatic carbocycles. The minimum absolute atomic E-state index is 0.376. The van der Waals surface area contributed by atoms with Crippen LogP contribution >= 0.6 is 0 Å². The van der Waals surface area contributed by atoms with Crippen LogP contribution in [0.2, 0.25) is 0 Å². The Morgan fingerprint density at radius 1 is 0.397 bits per heavy atom. The SMILES string of the molecule is CCCCCCC/C=C/CC/C=C/C(O)C(CO)NC(=O)C(O)CCCCCCCCCCCCCCCCCC/C=C\C/C=C\CCCCCCCCCCCCCCCCC. The van der Waals surface area contributed by atoms with Crippen molar-refractivity contribution in [1.82, 2.24) is 5.32 Å². The highest BCUT2D eigenvalue weighted by Gasteiger charge is 2.22. The van der Waals surface area contributed by atoms with Gasteiger partial charge in [-0.3, -0.25) is 4.79 Å². The standard InChI is InChI=1S/C58H109NO4/c1-3-5-7-9-11-13-15-16-17-18-19-20-21-22-23-24-25-26-27-28-29-30-31-32-33-34-35-36-37-38-39-40-41-43-45-47-49-51-53-57(62)58(63)59-55(54-60)56(61)52-50-48-46-44-42-14-12-10-8-6-4-2/h25-26,28-29,42,44,50,52,55-57,60-62H,3-24,27,30-41,43,45-49,51,53-54H2,1-2H3,(H,59,63)/b26-25-,29-28-,44-42+,52-50+. The molecule has 0 aromatic heterocycles. The van der Waals surface area contributed by atoms with Gasteiger partial charge in [0.25, 0.3) is 0 Å². The first-order valence-corrected chi connectivity index (χ1v) is 28.0. The van der Waals surface area contributed by atoms with E-state index < -0.39 is 24.2 Å². The van der Waals surface area contributed by atoms with Gasteiger partial charge in [0, 0.05) is 0 Å². The Morgan fingerprint density at radius 3 is 1.06 bits per heavy atom. The first-order valence-electron chi connectivity index (χ1n) is 28.0. The van der Waals surface area contributed by atoms with Gasteiger partial charge in [0.2, 0.25) is 5.91 Å². The van der Waals surface area contributed by atoms with Crippen LogP contribution in [0.15, 0.2) is 48.6 Å². The van der Waals surface area contributed by atoms with Crippen molar-refractivity contribution in [3.8, 4) is 0 Å². The van der Waals surface area contributed by atoms with Gasteiger partial charge < -0.3 is 20.6 Å². The summed E-state index contributed by atoms with van der Waals surface area (Å²) in [5.74, 6) is -0.513. The molecule has 0 aliphatic carbocycles. The van der Waals surface area contributed by atoms with Gasteiger partial charge in [0.1, 0.15) is 6.10 Å². The highest BCUT2D eigenvalue weighted by atomic mass is 16.3. The number of hydrogen-bond donors (Lipinski definition) is 4. The topological polar surface area (TPSA) is 89.8 Å². The number of nitrogens with one attached hydrogen (secondary N) is 1. The molecule has 0 saturated heterocycles. The lowest BCUT2D eigenvalue weighted by atomic mass is 10.0. The van der Waals surface area contributed by atoms with Crippen LogP contribution in [0, 0.1) is 0 Å². The largest absolute Gasteiger partial charge is 0.394 e. The lowest BCUT2D eigenvalue weighted by molar-refractivity contribution is -0.131. The number of unbranched alkanes of at least 4 members (excludes halogenated alkanes) is 37. The average Bonchev–Trinajstić information content (AvgIpc) is 3.29. The van der Waals surface area contributed by atoms with Crippen LogP contribution in [-0.2, 0) is 4.79 Å². The predicted molar refractivity (Wildman–Crippen MR) is 277 cm³/mol. The van der Waals surface area contributed by atoms with Crippen LogP contribution in [0.3, 0.4) is 0 Å². The highest BCUT2D eigenvalue weighted by molar-refractivity contribution is 5.80. The van der Waals surface area contributed by atoms with Crippen molar-refractivity contribution in [3.63, 3.8) is 0 Å². The minimum atomic E-state index is -1.11. The summed E-state index contributed by atoms with van der Waals surface area (Å²) in [5.41, 5.74) is 0. The molecule has 0 bridgehead atoms. The van der Waals surface area contributed by atoms with Crippen molar-refractivity contribution in [2.24, 2.45) is 0 Å². The van der Waals surface area contributed by atoms with Crippen molar-refractivity contribution in [2.45, 2.75) is 308 Å². The van der Waals surface area contributed by atoms with E-state index in [0.717, 1.165) is 44.9 Å². The molecular weight excluding hydrogens is 775 g/mol. The van der Waals surface area contributed by atoms with Crippen LogP contribution in [0.4, 0.5) is 0 Å². The minimum Gasteiger partial charge on any atom is -0.394 e. The lowest BCUT2D eigenvalue weighted by Crippen LogP contribution is -2.48. The molecule has 0 fully saturated rings. The van der Waals surface area contributed by atoms with E-state index in [4.69, 9.17) is 0 Å². The summed E-state index contributed by atoms with van der Waals surface area (Å²) < 4.78 is 0. The molecule has 0 aliphatic heterocycles. The van der Waals surface area contributed by atoms with Gasteiger partial charge in [0.05, 0.1) is 18.8 Å². The van der Waals surface area contributed by atoms with Crippen molar-refractivity contribution in [2.75, 3.05) is 6.61 Å². The molecule has 0 radical (unpaired) electrons. The summed E-state index contributed by atoms with van der Waals surface area (Å²) in [5, 5.41) is 33.1. The summed E-state index contributed by atoms with van der Waals surface area (Å²) >= 11 is 0. The number of carbonyl (C=O) groups excluding carboxylic acids is 1. The Labute approximate surface area is 393 Å². The molecule has 0 saturated carbocycles. The number of allylic oxidation sites excluding steroid dienone is 7. The number of hydrogen-bond acceptors (Lipinski definition) is 4. The molecule has 63 heavy (non-hydrogen) atoms. The third kappa shape index (κ3) is 48.1. The maximum atomic E-state index is 12.5. The lowest BCUT2D eigenvalue weighted by Gasteiger charge is -2.21. The molecule has 4 N–H and O–H groups in total. The smallest absolute Gasteiger partial charge is 0.249 e.